The lowest BCUT2D eigenvalue weighted by atomic mass is 9.98. The number of fused-ring (bicyclic) bond motifs is 1. The summed E-state index contributed by atoms with van der Waals surface area (Å²) in [4.78, 5) is 24.9. The number of aromatic amines is 1. The molecule has 2 aromatic heterocycles. The van der Waals surface area contributed by atoms with Crippen LogP contribution in [0.4, 0.5) is 8.78 Å². The Balaban J connectivity index is 1.24. The van der Waals surface area contributed by atoms with Crippen LogP contribution in [0.1, 0.15) is 15.9 Å². The minimum absolute atomic E-state index is 0.0672. The first-order valence-corrected chi connectivity index (χ1v) is 13.8. The molecule has 0 spiro atoms. The second-order valence-electron chi connectivity index (χ2n) is 10.6. The Hall–Kier alpha value is -5.42. The van der Waals surface area contributed by atoms with Crippen LogP contribution < -0.4 is 4.74 Å². The number of carboxylic acids is 1. The van der Waals surface area contributed by atoms with Gasteiger partial charge in [0, 0.05) is 18.2 Å². The molecular formula is C33H28F2N6O3. The first-order valence-electron chi connectivity index (χ1n) is 13.8. The molecule has 0 aliphatic carbocycles. The van der Waals surface area contributed by atoms with Gasteiger partial charge in [-0.2, -0.15) is 10.1 Å². The number of rotatable bonds is 9. The van der Waals surface area contributed by atoms with Crippen molar-refractivity contribution in [3.8, 4) is 45.4 Å². The summed E-state index contributed by atoms with van der Waals surface area (Å²) in [6.45, 7) is 3.23. The van der Waals surface area contributed by atoms with E-state index in [0.29, 0.717) is 11.1 Å². The fourth-order valence-electron chi connectivity index (χ4n) is 4.96. The Kier molecular flexibility index (Phi) is 7.62. The van der Waals surface area contributed by atoms with Crippen LogP contribution >= 0.6 is 0 Å². The summed E-state index contributed by atoms with van der Waals surface area (Å²) >= 11 is 0. The second-order valence-corrected chi connectivity index (χ2v) is 10.6. The molecule has 0 aliphatic rings. The third-order valence-electron chi connectivity index (χ3n) is 7.33. The molecule has 0 radical (unpaired) electrons. The van der Waals surface area contributed by atoms with E-state index in [-0.39, 0.29) is 33.9 Å². The van der Waals surface area contributed by atoms with Crippen molar-refractivity contribution in [2.45, 2.75) is 13.5 Å². The fraction of sp³-hybridized carbons (Fsp3) is 0.152. The van der Waals surface area contributed by atoms with Crippen LogP contribution in [0.2, 0.25) is 0 Å². The molecule has 2 heterocycles. The van der Waals surface area contributed by atoms with Crippen LogP contribution in [0, 0.1) is 18.6 Å². The summed E-state index contributed by atoms with van der Waals surface area (Å²) in [6, 6.07) is 20.4. The molecule has 0 atom stereocenters. The number of imidazole rings is 1. The summed E-state index contributed by atoms with van der Waals surface area (Å²) < 4.78 is 38.4. The average Bonchev–Trinajstić information content (AvgIpc) is 3.64. The van der Waals surface area contributed by atoms with Crippen molar-refractivity contribution >= 4 is 17.0 Å². The lowest BCUT2D eigenvalue weighted by Crippen LogP contribution is -2.19. The summed E-state index contributed by atoms with van der Waals surface area (Å²) in [5.74, 6) is -1.72. The van der Waals surface area contributed by atoms with Crippen LogP contribution in [-0.4, -0.2) is 61.3 Å². The molecule has 0 amide bonds. The number of aryl methyl sites for hydroxylation is 1. The van der Waals surface area contributed by atoms with Crippen molar-refractivity contribution in [3.05, 3.63) is 102 Å². The molecule has 0 saturated heterocycles. The maximum atomic E-state index is 15.7. The predicted octanol–water partition coefficient (Wildman–Crippen LogP) is 6.79. The first-order chi connectivity index (χ1) is 21.2. The van der Waals surface area contributed by atoms with E-state index in [1.165, 1.54) is 6.07 Å². The normalized spacial score (nSPS) is 11.4. The number of hydrogen-bond acceptors (Lipinski definition) is 6. The summed E-state index contributed by atoms with van der Waals surface area (Å²) in [7, 11) is 4.02. The molecule has 0 aliphatic heterocycles. The molecule has 6 aromatic rings. The van der Waals surface area contributed by atoms with Gasteiger partial charge in [0.2, 0.25) is 0 Å². The predicted molar refractivity (Wildman–Crippen MR) is 163 cm³/mol. The van der Waals surface area contributed by atoms with Crippen molar-refractivity contribution in [3.63, 3.8) is 0 Å². The highest BCUT2D eigenvalue weighted by Gasteiger charge is 2.20. The third kappa shape index (κ3) is 5.64. The standard InChI is InChI=1S/C33H28F2N6O3/c1-19-4-13-24(16-25(19)32(42)43)44-33-38-27-17-26(34)28(29(35)30(27)39-33)22-9-5-20(6-10-22)21-7-11-23(12-8-21)31-36-18-37-41(31)15-14-40(2)3/h4-13,16-18H,14-15H2,1-3H3,(H,38,39)(H,42,43). The molecule has 222 valence electrons. The van der Waals surface area contributed by atoms with Crippen molar-refractivity contribution in [1.29, 1.82) is 0 Å². The van der Waals surface area contributed by atoms with Gasteiger partial charge in [0.25, 0.3) is 6.01 Å². The number of carbonyl (C=O) groups is 1. The lowest BCUT2D eigenvalue weighted by molar-refractivity contribution is 0.0695. The highest BCUT2D eigenvalue weighted by molar-refractivity contribution is 5.90. The number of hydrogen-bond donors (Lipinski definition) is 2. The van der Waals surface area contributed by atoms with E-state index in [9.17, 15) is 9.90 Å². The molecule has 0 fully saturated rings. The zero-order valence-corrected chi connectivity index (χ0v) is 24.2. The van der Waals surface area contributed by atoms with Gasteiger partial charge in [-0.3, -0.25) is 0 Å². The van der Waals surface area contributed by atoms with E-state index in [0.717, 1.165) is 41.7 Å². The molecular weight excluding hydrogens is 566 g/mol. The molecule has 6 rings (SSSR count). The largest absolute Gasteiger partial charge is 0.478 e. The van der Waals surface area contributed by atoms with Crippen LogP contribution in [0.3, 0.4) is 0 Å². The zero-order chi connectivity index (χ0) is 31.0. The van der Waals surface area contributed by atoms with Gasteiger partial charge in [-0.05, 0) is 55.4 Å². The molecule has 44 heavy (non-hydrogen) atoms. The average molecular weight is 595 g/mol. The van der Waals surface area contributed by atoms with Gasteiger partial charge in [-0.25, -0.2) is 23.2 Å². The zero-order valence-electron chi connectivity index (χ0n) is 24.2. The molecule has 0 unspecified atom stereocenters. The number of likely N-dealkylation sites (N-methyl/N-ethyl adjacent to an activating group) is 1. The van der Waals surface area contributed by atoms with Crippen molar-refractivity contribution in [1.82, 2.24) is 29.6 Å². The van der Waals surface area contributed by atoms with E-state index in [2.05, 4.69) is 25.0 Å². The van der Waals surface area contributed by atoms with E-state index in [1.807, 2.05) is 55.2 Å². The summed E-state index contributed by atoms with van der Waals surface area (Å²) in [6.07, 6.45) is 1.55. The van der Waals surface area contributed by atoms with E-state index < -0.39 is 17.6 Å². The number of carboxylic acid groups (broad SMARTS) is 1. The van der Waals surface area contributed by atoms with Gasteiger partial charge in [-0.1, -0.05) is 54.6 Å². The number of aromatic nitrogens is 5. The molecule has 2 N–H and O–H groups in total. The van der Waals surface area contributed by atoms with Crippen molar-refractivity contribution in [2.24, 2.45) is 0 Å². The van der Waals surface area contributed by atoms with Gasteiger partial charge in [0.15, 0.2) is 11.6 Å². The van der Waals surface area contributed by atoms with E-state index in [1.54, 1.807) is 37.5 Å². The number of nitrogens with zero attached hydrogens (tertiary/aromatic N) is 5. The monoisotopic (exact) mass is 594 g/mol. The summed E-state index contributed by atoms with van der Waals surface area (Å²) in [5, 5.41) is 13.7. The van der Waals surface area contributed by atoms with Crippen molar-refractivity contribution in [2.75, 3.05) is 20.6 Å². The van der Waals surface area contributed by atoms with Gasteiger partial charge >= 0.3 is 5.97 Å². The van der Waals surface area contributed by atoms with Crippen LogP contribution in [0.5, 0.6) is 11.8 Å². The molecule has 0 bridgehead atoms. The highest BCUT2D eigenvalue weighted by Crippen LogP contribution is 2.34. The third-order valence-corrected chi connectivity index (χ3v) is 7.33. The van der Waals surface area contributed by atoms with E-state index >= 15 is 8.78 Å². The maximum Gasteiger partial charge on any atom is 0.336 e. The minimum Gasteiger partial charge on any atom is -0.478 e. The Bertz CT molecular complexity index is 1980. The Morgan fingerprint density at radius 2 is 1.61 bits per heavy atom. The van der Waals surface area contributed by atoms with Gasteiger partial charge < -0.3 is 19.7 Å². The number of benzene rings is 4. The Morgan fingerprint density at radius 1 is 0.955 bits per heavy atom. The number of ether oxygens (including phenoxy) is 1. The SMILES string of the molecule is Cc1ccc(Oc2nc3c(F)c(-c4ccc(-c5ccc(-c6ncnn6CCN(C)C)cc5)cc4)c(F)cc3[nH]2)cc1C(=O)O. The quantitative estimate of drug-likeness (QED) is 0.190. The Morgan fingerprint density at radius 3 is 2.27 bits per heavy atom. The van der Waals surface area contributed by atoms with Gasteiger partial charge in [-0.15, -0.1) is 0 Å². The summed E-state index contributed by atoms with van der Waals surface area (Å²) in [5.41, 5.74) is 3.54. The second kappa shape index (κ2) is 11.7. The van der Waals surface area contributed by atoms with Gasteiger partial charge in [0.05, 0.1) is 23.2 Å². The number of H-pyrrole nitrogens is 1. The maximum absolute atomic E-state index is 15.7. The fourth-order valence-corrected chi connectivity index (χ4v) is 4.96. The number of nitrogens with one attached hydrogen (secondary N) is 1. The Labute approximate surface area is 251 Å². The molecule has 9 nitrogen and oxygen atoms in total. The van der Waals surface area contributed by atoms with Crippen LogP contribution in [0.15, 0.2) is 79.1 Å². The van der Waals surface area contributed by atoms with Gasteiger partial charge in [0.1, 0.15) is 23.4 Å². The number of aromatic carboxylic acids is 1. The van der Waals surface area contributed by atoms with Crippen LogP contribution in [0.25, 0.3) is 44.7 Å². The molecule has 4 aromatic carbocycles. The topological polar surface area (TPSA) is 109 Å². The number of halogens is 2. The molecule has 11 heteroatoms. The smallest absolute Gasteiger partial charge is 0.336 e. The first kappa shape index (κ1) is 28.7. The van der Waals surface area contributed by atoms with E-state index in [4.69, 9.17) is 4.74 Å². The van der Waals surface area contributed by atoms with Crippen LogP contribution in [-0.2, 0) is 6.54 Å². The minimum atomic E-state index is -1.10. The molecule has 0 saturated carbocycles. The van der Waals surface area contributed by atoms with Crippen molar-refractivity contribution < 1.29 is 23.4 Å². The lowest BCUT2D eigenvalue weighted by Gasteiger charge is -2.11. The highest BCUT2D eigenvalue weighted by atomic mass is 19.1.